The van der Waals surface area contributed by atoms with Crippen LogP contribution in [0.15, 0.2) is 46.9 Å². The molecule has 3 aromatic rings. The maximum Gasteiger partial charge on any atom is 0.253 e. The number of nitrogens with one attached hydrogen (secondary N) is 1. The highest BCUT2D eigenvalue weighted by molar-refractivity contribution is 6.05. The zero-order chi connectivity index (χ0) is 20.0. The van der Waals surface area contributed by atoms with Crippen LogP contribution in [-0.2, 0) is 0 Å². The highest BCUT2D eigenvalue weighted by Crippen LogP contribution is 2.34. The van der Waals surface area contributed by atoms with Crippen LogP contribution in [-0.4, -0.2) is 46.1 Å². The van der Waals surface area contributed by atoms with Crippen molar-refractivity contribution >= 4 is 41.8 Å². The quantitative estimate of drug-likeness (QED) is 0.583. The minimum absolute atomic E-state index is 0. The first kappa shape index (κ1) is 23.4. The van der Waals surface area contributed by atoms with E-state index in [9.17, 15) is 9.90 Å². The summed E-state index contributed by atoms with van der Waals surface area (Å²) in [5.41, 5.74) is 2.09. The number of nitrogens with zero attached hydrogens (tertiary/aromatic N) is 2. The first-order chi connectivity index (χ1) is 14.1. The van der Waals surface area contributed by atoms with Crippen molar-refractivity contribution in [3.05, 3.63) is 48.0 Å². The molecule has 2 aliphatic heterocycles. The fraction of sp³-hybridized carbons (Fsp3) is 0.391. The number of aromatic hydroxyl groups is 1. The number of carbonyl (C=O) groups excluding carboxylic acids is 1. The third-order valence-corrected chi connectivity index (χ3v) is 6.47. The van der Waals surface area contributed by atoms with Crippen LogP contribution in [0.25, 0.3) is 22.6 Å². The zero-order valence-electron chi connectivity index (χ0n) is 17.3. The molecular weight excluding hydrogens is 437 g/mol. The van der Waals surface area contributed by atoms with Gasteiger partial charge in [-0.15, -0.1) is 24.8 Å². The second-order valence-corrected chi connectivity index (χ2v) is 8.23. The van der Waals surface area contributed by atoms with Gasteiger partial charge in [-0.1, -0.05) is 24.6 Å². The van der Waals surface area contributed by atoms with Crippen molar-refractivity contribution in [1.82, 2.24) is 15.2 Å². The van der Waals surface area contributed by atoms with Gasteiger partial charge in [0.1, 0.15) is 11.3 Å². The molecule has 2 fully saturated rings. The van der Waals surface area contributed by atoms with E-state index in [-0.39, 0.29) is 42.5 Å². The van der Waals surface area contributed by atoms with Crippen molar-refractivity contribution in [2.24, 2.45) is 0 Å². The predicted molar refractivity (Wildman–Crippen MR) is 125 cm³/mol. The van der Waals surface area contributed by atoms with Gasteiger partial charge in [0.05, 0.1) is 11.1 Å². The van der Waals surface area contributed by atoms with Crippen LogP contribution in [0.1, 0.15) is 42.5 Å². The molecule has 0 radical (unpaired) electrons. The molecule has 166 valence electrons. The molecule has 31 heavy (non-hydrogen) atoms. The molecule has 2 unspecified atom stereocenters. The summed E-state index contributed by atoms with van der Waals surface area (Å²) in [4.78, 5) is 20.1. The summed E-state index contributed by atoms with van der Waals surface area (Å²) < 4.78 is 5.83. The van der Waals surface area contributed by atoms with Crippen LogP contribution < -0.4 is 5.32 Å². The molecule has 0 aliphatic carbocycles. The fourth-order valence-electron chi connectivity index (χ4n) is 4.90. The van der Waals surface area contributed by atoms with Crippen LogP contribution in [0.5, 0.6) is 5.75 Å². The van der Waals surface area contributed by atoms with Crippen LogP contribution >= 0.6 is 24.8 Å². The number of halogens is 2. The third-order valence-electron chi connectivity index (χ3n) is 6.47. The van der Waals surface area contributed by atoms with Crippen LogP contribution in [0.4, 0.5) is 0 Å². The maximum atomic E-state index is 13.1. The van der Waals surface area contributed by atoms with Gasteiger partial charge in [0.15, 0.2) is 5.58 Å². The molecule has 0 spiro atoms. The summed E-state index contributed by atoms with van der Waals surface area (Å²) in [5.74, 6) is 0.301. The van der Waals surface area contributed by atoms with Crippen LogP contribution in [0.3, 0.4) is 0 Å². The highest BCUT2D eigenvalue weighted by atomic mass is 35.5. The summed E-state index contributed by atoms with van der Waals surface area (Å²) in [5, 5.41) is 13.3. The van der Waals surface area contributed by atoms with Gasteiger partial charge in [-0.3, -0.25) is 4.79 Å². The van der Waals surface area contributed by atoms with Crippen molar-refractivity contribution in [3.63, 3.8) is 0 Å². The van der Waals surface area contributed by atoms with Gasteiger partial charge in [0, 0.05) is 18.1 Å². The van der Waals surface area contributed by atoms with E-state index < -0.39 is 0 Å². The van der Waals surface area contributed by atoms with Gasteiger partial charge in [-0.2, -0.15) is 0 Å². The van der Waals surface area contributed by atoms with E-state index in [4.69, 9.17) is 4.42 Å². The Morgan fingerprint density at radius 2 is 1.81 bits per heavy atom. The molecule has 2 atom stereocenters. The lowest BCUT2D eigenvalue weighted by Gasteiger charge is -2.47. The number of aromatic nitrogens is 1. The number of phenols is 1. The minimum atomic E-state index is -0.111. The standard InChI is InChI=1S/C23H25N3O3.2ClH/c1-26-15-6-4-7-16(26)13-14(12-15)24-22(28)18-9-5-11-20-21(18)25-23(29-20)17-8-2-3-10-19(17)27;;/h2-3,5,8-11,14-16,27H,4,6-7,12-13H2,1H3,(H,24,28);2*1H. The lowest BCUT2D eigenvalue weighted by Crippen LogP contribution is -2.55. The Morgan fingerprint density at radius 3 is 2.52 bits per heavy atom. The van der Waals surface area contributed by atoms with Gasteiger partial charge in [-0.05, 0) is 57.0 Å². The average Bonchev–Trinajstić information content (AvgIpc) is 3.13. The second-order valence-electron chi connectivity index (χ2n) is 8.23. The zero-order valence-corrected chi connectivity index (χ0v) is 18.9. The van der Waals surface area contributed by atoms with Gasteiger partial charge < -0.3 is 19.7 Å². The number of phenolic OH excluding ortho intramolecular Hbond substituents is 1. The SMILES string of the molecule is CN1C2CCCC1CC(NC(=O)c1cccc3oc(-c4ccccc4O)nc13)C2.Cl.Cl. The number of fused-ring (bicyclic) bond motifs is 3. The molecule has 2 aromatic carbocycles. The predicted octanol–water partition coefficient (Wildman–Crippen LogP) is 4.79. The normalized spacial score (nSPS) is 22.9. The highest BCUT2D eigenvalue weighted by Gasteiger charge is 2.36. The molecule has 1 aromatic heterocycles. The number of benzene rings is 2. The summed E-state index contributed by atoms with van der Waals surface area (Å²) >= 11 is 0. The smallest absolute Gasteiger partial charge is 0.253 e. The summed E-state index contributed by atoms with van der Waals surface area (Å²) in [7, 11) is 2.21. The van der Waals surface area contributed by atoms with Crippen molar-refractivity contribution < 1.29 is 14.3 Å². The van der Waals surface area contributed by atoms with E-state index in [0.29, 0.717) is 40.2 Å². The molecule has 2 aliphatic rings. The Balaban J connectivity index is 0.00000136. The van der Waals surface area contributed by atoms with E-state index in [1.54, 1.807) is 36.4 Å². The third kappa shape index (κ3) is 4.38. The largest absolute Gasteiger partial charge is 0.507 e. The van der Waals surface area contributed by atoms with E-state index in [2.05, 4.69) is 22.2 Å². The van der Waals surface area contributed by atoms with Crippen molar-refractivity contribution in [2.45, 2.75) is 50.2 Å². The molecular formula is C23H27Cl2N3O3. The number of oxazole rings is 1. The Morgan fingerprint density at radius 1 is 1.10 bits per heavy atom. The molecule has 3 heterocycles. The first-order valence-corrected chi connectivity index (χ1v) is 10.3. The van der Waals surface area contributed by atoms with Gasteiger partial charge in [-0.25, -0.2) is 4.98 Å². The Kier molecular flexibility index (Phi) is 7.14. The van der Waals surface area contributed by atoms with Crippen LogP contribution in [0.2, 0.25) is 0 Å². The summed E-state index contributed by atoms with van der Waals surface area (Å²) in [6, 6.07) is 13.6. The Labute approximate surface area is 193 Å². The van der Waals surface area contributed by atoms with Crippen LogP contribution in [0, 0.1) is 0 Å². The van der Waals surface area contributed by atoms with E-state index in [0.717, 1.165) is 12.8 Å². The second kappa shape index (κ2) is 9.47. The molecule has 1 amide bonds. The number of hydrogen-bond acceptors (Lipinski definition) is 5. The summed E-state index contributed by atoms with van der Waals surface area (Å²) in [6.45, 7) is 0. The average molecular weight is 464 g/mol. The first-order valence-electron chi connectivity index (χ1n) is 10.3. The van der Waals surface area contributed by atoms with E-state index in [1.807, 2.05) is 6.07 Å². The number of para-hydroxylation sites is 2. The van der Waals surface area contributed by atoms with Gasteiger partial charge in [0.2, 0.25) is 5.89 Å². The lowest BCUT2D eigenvalue weighted by molar-refractivity contribution is 0.0463. The molecule has 2 saturated heterocycles. The fourth-order valence-corrected chi connectivity index (χ4v) is 4.90. The molecule has 6 nitrogen and oxygen atoms in total. The number of hydrogen-bond donors (Lipinski definition) is 2. The molecule has 2 N–H and O–H groups in total. The Hall–Kier alpha value is -2.28. The van der Waals surface area contributed by atoms with Crippen molar-refractivity contribution in [3.8, 4) is 17.2 Å². The topological polar surface area (TPSA) is 78.6 Å². The van der Waals surface area contributed by atoms with E-state index in [1.165, 1.54) is 19.3 Å². The molecule has 8 heteroatoms. The minimum Gasteiger partial charge on any atom is -0.507 e. The maximum absolute atomic E-state index is 13.1. The van der Waals surface area contributed by atoms with Gasteiger partial charge in [0.25, 0.3) is 5.91 Å². The number of piperidine rings is 2. The number of carbonyl (C=O) groups is 1. The summed E-state index contributed by atoms with van der Waals surface area (Å²) in [6.07, 6.45) is 5.70. The monoisotopic (exact) mass is 463 g/mol. The van der Waals surface area contributed by atoms with Crippen molar-refractivity contribution in [2.75, 3.05) is 7.05 Å². The van der Waals surface area contributed by atoms with Gasteiger partial charge >= 0.3 is 0 Å². The Bertz CT molecular complexity index is 1060. The molecule has 5 rings (SSSR count). The molecule has 2 bridgehead atoms. The number of rotatable bonds is 3. The van der Waals surface area contributed by atoms with Crippen molar-refractivity contribution in [1.29, 1.82) is 0 Å². The molecule has 0 saturated carbocycles. The van der Waals surface area contributed by atoms with E-state index >= 15 is 0 Å². The lowest BCUT2D eigenvalue weighted by atomic mass is 9.82. The number of amides is 1.